The largest absolute Gasteiger partial charge is 0.443 e. The van der Waals surface area contributed by atoms with Crippen LogP contribution in [0.5, 0.6) is 0 Å². The van der Waals surface area contributed by atoms with Crippen molar-refractivity contribution >= 4 is 72.2 Å². The smallest absolute Gasteiger partial charge is 0.415 e. The van der Waals surface area contributed by atoms with Crippen molar-refractivity contribution in [3.05, 3.63) is 53.4 Å². The predicted octanol–water partition coefficient (Wildman–Crippen LogP) is 7.90. The van der Waals surface area contributed by atoms with E-state index in [1.807, 2.05) is 38.3 Å². The van der Waals surface area contributed by atoms with Crippen LogP contribution in [0.25, 0.3) is 20.7 Å². The highest BCUT2D eigenvalue weighted by Crippen LogP contribution is 2.47. The maximum absolute atomic E-state index is 13.3. The number of rotatable bonds is 5. The average molecular weight is 585 g/mol. The number of thiophene rings is 2. The predicted molar refractivity (Wildman–Crippen MR) is 140 cm³/mol. The molecule has 3 aromatic rings. The van der Waals surface area contributed by atoms with Crippen LogP contribution in [0.4, 0.5) is 10.5 Å². The standard InChI is InChI=1S/C22H23BrClN5O3S2/c1-22(2,3)32-21(30)29(10-12-5-4-8-33-12)15-9-16(24)26-18-17(23)19(34-20(15)18)13-6-7-31-11-14(13)27-28-25/h4-5,8-9,13-14H,6-7,10-11H2,1-3H3. The minimum atomic E-state index is -0.660. The zero-order chi connectivity index (χ0) is 24.5. The number of amides is 1. The lowest BCUT2D eigenvalue weighted by atomic mass is 9.94. The number of halogens is 2. The second-order valence-electron chi connectivity index (χ2n) is 8.81. The molecule has 1 aliphatic heterocycles. The zero-order valence-electron chi connectivity index (χ0n) is 18.8. The number of azide groups is 1. The lowest BCUT2D eigenvalue weighted by Gasteiger charge is -2.28. The van der Waals surface area contributed by atoms with Gasteiger partial charge in [0.15, 0.2) is 0 Å². The summed E-state index contributed by atoms with van der Waals surface area (Å²) in [4.78, 5) is 24.5. The molecule has 34 heavy (non-hydrogen) atoms. The number of carbonyl (C=O) groups is 1. The van der Waals surface area contributed by atoms with Gasteiger partial charge in [-0.25, -0.2) is 9.78 Å². The van der Waals surface area contributed by atoms with E-state index in [0.29, 0.717) is 37.4 Å². The second kappa shape index (κ2) is 10.4. The third-order valence-electron chi connectivity index (χ3n) is 5.22. The second-order valence-corrected chi connectivity index (χ2v) is 12.1. The molecule has 4 heterocycles. The molecule has 2 atom stereocenters. The molecule has 0 bridgehead atoms. The Morgan fingerprint density at radius 2 is 2.29 bits per heavy atom. The van der Waals surface area contributed by atoms with Crippen LogP contribution < -0.4 is 4.90 Å². The Morgan fingerprint density at radius 3 is 2.97 bits per heavy atom. The Hall–Kier alpha value is -1.88. The maximum Gasteiger partial charge on any atom is 0.415 e. The van der Waals surface area contributed by atoms with E-state index in [0.717, 1.165) is 18.9 Å². The molecular formula is C22H23BrClN5O3S2. The van der Waals surface area contributed by atoms with Crippen LogP contribution in [0.1, 0.15) is 42.9 Å². The van der Waals surface area contributed by atoms with Crippen molar-refractivity contribution in [3.63, 3.8) is 0 Å². The molecule has 4 rings (SSSR count). The van der Waals surface area contributed by atoms with Gasteiger partial charge in [-0.05, 0) is 60.1 Å². The fourth-order valence-electron chi connectivity index (χ4n) is 3.78. The molecule has 180 valence electrons. The SMILES string of the molecule is CC(C)(C)OC(=O)N(Cc1cccs1)c1cc(Cl)nc2c(Br)c(C3CCOCC3N=[N+]=[N-])sc12. The van der Waals surface area contributed by atoms with Crippen molar-refractivity contribution in [2.24, 2.45) is 5.11 Å². The highest BCUT2D eigenvalue weighted by molar-refractivity contribution is 9.10. The Labute approximate surface area is 218 Å². The summed E-state index contributed by atoms with van der Waals surface area (Å²) < 4.78 is 12.9. The molecule has 1 fully saturated rings. The van der Waals surface area contributed by atoms with Gasteiger partial charge in [-0.3, -0.25) is 4.90 Å². The van der Waals surface area contributed by atoms with E-state index in [-0.39, 0.29) is 17.1 Å². The van der Waals surface area contributed by atoms with Gasteiger partial charge in [0.2, 0.25) is 0 Å². The number of nitrogens with zero attached hydrogens (tertiary/aromatic N) is 5. The number of hydrogen-bond acceptors (Lipinski definition) is 7. The number of ether oxygens (including phenoxy) is 2. The number of hydrogen-bond donors (Lipinski definition) is 0. The van der Waals surface area contributed by atoms with Crippen LogP contribution in [0.15, 0.2) is 33.2 Å². The molecular weight excluding hydrogens is 562 g/mol. The zero-order valence-corrected chi connectivity index (χ0v) is 22.8. The quantitative estimate of drug-likeness (QED) is 0.132. The van der Waals surface area contributed by atoms with Crippen molar-refractivity contribution in [3.8, 4) is 0 Å². The molecule has 8 nitrogen and oxygen atoms in total. The summed E-state index contributed by atoms with van der Waals surface area (Å²) in [5.74, 6) is -0.0304. The van der Waals surface area contributed by atoms with E-state index in [1.54, 1.807) is 22.3 Å². The third-order valence-corrected chi connectivity index (χ3v) is 8.67. The molecule has 2 unspecified atom stereocenters. The van der Waals surface area contributed by atoms with Gasteiger partial charge in [0.25, 0.3) is 0 Å². The molecule has 0 saturated carbocycles. The number of fused-ring (bicyclic) bond motifs is 1. The molecule has 0 spiro atoms. The van der Waals surface area contributed by atoms with Crippen molar-refractivity contribution < 1.29 is 14.3 Å². The van der Waals surface area contributed by atoms with Crippen LogP contribution >= 0.6 is 50.2 Å². The topological polar surface area (TPSA) is 100 Å². The van der Waals surface area contributed by atoms with E-state index >= 15 is 0 Å². The van der Waals surface area contributed by atoms with Crippen molar-refractivity contribution in [2.45, 2.75) is 51.3 Å². The monoisotopic (exact) mass is 583 g/mol. The van der Waals surface area contributed by atoms with Gasteiger partial charge in [-0.15, -0.1) is 22.7 Å². The number of aromatic nitrogens is 1. The molecule has 0 aliphatic carbocycles. The Kier molecular flexibility index (Phi) is 7.71. The first-order chi connectivity index (χ1) is 16.2. The summed E-state index contributed by atoms with van der Waals surface area (Å²) in [7, 11) is 0. The summed E-state index contributed by atoms with van der Waals surface area (Å²) in [5, 5.41) is 6.20. The minimum Gasteiger partial charge on any atom is -0.443 e. The van der Waals surface area contributed by atoms with Crippen molar-refractivity contribution in [1.82, 2.24) is 4.98 Å². The molecule has 1 saturated heterocycles. The van der Waals surface area contributed by atoms with Crippen LogP contribution in [0.3, 0.4) is 0 Å². The number of carbonyl (C=O) groups excluding carboxylic acids is 1. The fraction of sp³-hybridized carbons (Fsp3) is 0.455. The van der Waals surface area contributed by atoms with Gasteiger partial charge in [0, 0.05) is 33.3 Å². The van der Waals surface area contributed by atoms with E-state index in [2.05, 4.69) is 30.9 Å². The van der Waals surface area contributed by atoms with Gasteiger partial charge >= 0.3 is 6.09 Å². The summed E-state index contributed by atoms with van der Waals surface area (Å²) in [5.41, 5.74) is 9.66. The summed E-state index contributed by atoms with van der Waals surface area (Å²) in [6.07, 6.45) is 0.247. The van der Waals surface area contributed by atoms with Crippen LogP contribution in [0, 0.1) is 0 Å². The lowest BCUT2D eigenvalue weighted by Crippen LogP contribution is -2.36. The van der Waals surface area contributed by atoms with Crippen molar-refractivity contribution in [2.75, 3.05) is 18.1 Å². The van der Waals surface area contributed by atoms with Gasteiger partial charge < -0.3 is 9.47 Å². The number of pyridine rings is 1. The molecule has 3 aromatic heterocycles. The first-order valence-electron chi connectivity index (χ1n) is 10.6. The molecule has 12 heteroatoms. The van der Waals surface area contributed by atoms with Gasteiger partial charge in [0.05, 0.1) is 39.6 Å². The van der Waals surface area contributed by atoms with Crippen molar-refractivity contribution in [1.29, 1.82) is 0 Å². The first-order valence-corrected chi connectivity index (χ1v) is 13.5. The summed E-state index contributed by atoms with van der Waals surface area (Å²) >= 11 is 13.2. The highest BCUT2D eigenvalue weighted by Gasteiger charge is 2.33. The van der Waals surface area contributed by atoms with Gasteiger partial charge in [-0.2, -0.15) is 0 Å². The van der Waals surface area contributed by atoms with Crippen LogP contribution in [-0.4, -0.2) is 35.9 Å². The lowest BCUT2D eigenvalue weighted by molar-refractivity contribution is 0.0578. The van der Waals surface area contributed by atoms with Crippen LogP contribution in [-0.2, 0) is 16.0 Å². The maximum atomic E-state index is 13.3. The Bertz CT molecular complexity index is 1240. The highest BCUT2D eigenvalue weighted by atomic mass is 79.9. The fourth-order valence-corrected chi connectivity index (χ4v) is 6.97. The Morgan fingerprint density at radius 1 is 1.50 bits per heavy atom. The molecule has 0 radical (unpaired) electrons. The van der Waals surface area contributed by atoms with Crippen LogP contribution in [0.2, 0.25) is 5.15 Å². The van der Waals surface area contributed by atoms with E-state index in [9.17, 15) is 4.79 Å². The average Bonchev–Trinajstić information content (AvgIpc) is 3.39. The molecule has 0 aromatic carbocycles. The Balaban J connectivity index is 1.84. The van der Waals surface area contributed by atoms with Gasteiger partial charge in [-0.1, -0.05) is 22.8 Å². The molecule has 1 aliphatic rings. The first kappa shape index (κ1) is 25.2. The summed E-state index contributed by atoms with van der Waals surface area (Å²) in [6, 6.07) is 5.30. The van der Waals surface area contributed by atoms with E-state index in [4.69, 9.17) is 26.6 Å². The van der Waals surface area contributed by atoms with E-state index < -0.39 is 11.7 Å². The van der Waals surface area contributed by atoms with E-state index in [1.165, 1.54) is 11.3 Å². The molecule has 0 N–H and O–H groups in total. The number of anilines is 1. The molecule has 1 amide bonds. The minimum absolute atomic E-state index is 0.0304. The third kappa shape index (κ3) is 5.50. The summed E-state index contributed by atoms with van der Waals surface area (Å²) in [6.45, 7) is 6.79. The van der Waals surface area contributed by atoms with Gasteiger partial charge in [0.1, 0.15) is 10.8 Å². The normalized spacial score (nSPS) is 18.5.